The molecule has 3 nitrogen and oxygen atoms in total. The Morgan fingerprint density at radius 3 is 2.52 bits per heavy atom. The van der Waals surface area contributed by atoms with Gasteiger partial charge in [-0.05, 0) is 30.5 Å². The van der Waals surface area contributed by atoms with E-state index in [4.69, 9.17) is 16.3 Å². The molecule has 0 radical (unpaired) electrons. The smallest absolute Gasteiger partial charge is 0.265 e. The van der Waals surface area contributed by atoms with E-state index in [9.17, 15) is 4.79 Å². The van der Waals surface area contributed by atoms with Gasteiger partial charge in [0.05, 0.1) is 5.02 Å². The molecule has 0 aliphatic carbocycles. The first-order chi connectivity index (χ1) is 11.1. The van der Waals surface area contributed by atoms with Crippen molar-refractivity contribution in [1.82, 2.24) is 0 Å². The molecule has 4 heteroatoms. The van der Waals surface area contributed by atoms with Crippen molar-refractivity contribution in [3.63, 3.8) is 0 Å². The number of fused-ring (bicyclic) bond motifs is 1. The Morgan fingerprint density at radius 2 is 1.70 bits per heavy atom. The number of carbonyl (C=O) groups excluding carboxylic acids is 1. The van der Waals surface area contributed by atoms with Crippen LogP contribution in [0.5, 0.6) is 5.75 Å². The third-order valence-corrected chi connectivity index (χ3v) is 3.87. The summed E-state index contributed by atoms with van der Waals surface area (Å²) in [5.74, 6) is 0.274. The van der Waals surface area contributed by atoms with Crippen molar-refractivity contribution < 1.29 is 9.53 Å². The molecule has 1 amide bonds. The van der Waals surface area contributed by atoms with Gasteiger partial charge in [0.15, 0.2) is 6.10 Å². The largest absolute Gasteiger partial charge is 0.479 e. The fraction of sp³-hybridized carbons (Fsp3) is 0.105. The molecule has 0 fully saturated rings. The first-order valence-corrected chi connectivity index (χ1v) is 7.73. The third-order valence-electron chi connectivity index (χ3n) is 3.56. The Labute approximate surface area is 139 Å². The van der Waals surface area contributed by atoms with Crippen molar-refractivity contribution in [1.29, 1.82) is 0 Å². The van der Waals surface area contributed by atoms with Gasteiger partial charge in [-0.25, -0.2) is 0 Å². The van der Waals surface area contributed by atoms with Crippen molar-refractivity contribution in [3.8, 4) is 5.75 Å². The van der Waals surface area contributed by atoms with E-state index in [-0.39, 0.29) is 5.91 Å². The molecule has 3 aromatic rings. The van der Waals surface area contributed by atoms with Gasteiger partial charge in [-0.3, -0.25) is 4.79 Å². The molecule has 116 valence electrons. The summed E-state index contributed by atoms with van der Waals surface area (Å²) in [5.41, 5.74) is 0.766. The fourth-order valence-corrected chi connectivity index (χ4v) is 2.53. The highest BCUT2D eigenvalue weighted by molar-refractivity contribution is 6.32. The summed E-state index contributed by atoms with van der Waals surface area (Å²) in [5, 5.41) is 5.47. The number of anilines is 1. The van der Waals surface area contributed by atoms with Crippen molar-refractivity contribution in [2.75, 3.05) is 5.32 Å². The van der Waals surface area contributed by atoms with Gasteiger partial charge >= 0.3 is 0 Å². The van der Waals surface area contributed by atoms with Crippen LogP contribution < -0.4 is 10.1 Å². The van der Waals surface area contributed by atoms with Crippen LogP contribution >= 0.6 is 11.6 Å². The van der Waals surface area contributed by atoms with Gasteiger partial charge < -0.3 is 10.1 Å². The van der Waals surface area contributed by atoms with Crippen LogP contribution in [0.2, 0.25) is 5.02 Å². The van der Waals surface area contributed by atoms with E-state index >= 15 is 0 Å². The number of nitrogens with one attached hydrogen (secondary N) is 1. The van der Waals surface area contributed by atoms with E-state index in [1.807, 2.05) is 54.6 Å². The molecular formula is C19H16ClNO2. The monoisotopic (exact) mass is 325 g/mol. The molecule has 3 aromatic carbocycles. The zero-order valence-electron chi connectivity index (χ0n) is 12.6. The van der Waals surface area contributed by atoms with Gasteiger partial charge in [0.1, 0.15) is 5.75 Å². The van der Waals surface area contributed by atoms with Crippen molar-refractivity contribution in [2.24, 2.45) is 0 Å². The highest BCUT2D eigenvalue weighted by Crippen LogP contribution is 2.26. The van der Waals surface area contributed by atoms with Crippen molar-refractivity contribution in [3.05, 3.63) is 71.8 Å². The summed E-state index contributed by atoms with van der Waals surface area (Å²) in [6.07, 6.45) is -0.658. The Balaban J connectivity index is 1.77. The molecule has 0 heterocycles. The molecule has 0 aromatic heterocycles. The second-order valence-corrected chi connectivity index (χ2v) is 5.61. The lowest BCUT2D eigenvalue weighted by Crippen LogP contribution is -2.30. The van der Waals surface area contributed by atoms with Crippen LogP contribution in [0.15, 0.2) is 66.7 Å². The molecule has 0 aliphatic heterocycles. The van der Waals surface area contributed by atoms with Gasteiger partial charge in [0.2, 0.25) is 0 Å². The topological polar surface area (TPSA) is 38.3 Å². The van der Waals surface area contributed by atoms with Gasteiger partial charge in [0, 0.05) is 11.1 Å². The maximum atomic E-state index is 12.4. The third kappa shape index (κ3) is 3.46. The average molecular weight is 326 g/mol. The first kappa shape index (κ1) is 15.4. The van der Waals surface area contributed by atoms with Gasteiger partial charge in [-0.15, -0.1) is 0 Å². The number of benzene rings is 3. The molecule has 0 saturated heterocycles. The molecular weight excluding hydrogens is 310 g/mol. The summed E-state index contributed by atoms with van der Waals surface area (Å²) in [7, 11) is 0. The van der Waals surface area contributed by atoms with Gasteiger partial charge in [0.25, 0.3) is 5.91 Å². The Bertz CT molecular complexity index is 842. The second kappa shape index (κ2) is 6.71. The Hall–Kier alpha value is -2.52. The summed E-state index contributed by atoms with van der Waals surface area (Å²) >= 11 is 6.05. The molecule has 0 unspecified atom stereocenters. The lowest BCUT2D eigenvalue weighted by molar-refractivity contribution is -0.122. The molecule has 1 N–H and O–H groups in total. The first-order valence-electron chi connectivity index (χ1n) is 7.35. The molecule has 3 rings (SSSR count). The van der Waals surface area contributed by atoms with Crippen LogP contribution in [0.1, 0.15) is 6.92 Å². The molecule has 23 heavy (non-hydrogen) atoms. The van der Waals surface area contributed by atoms with E-state index in [0.29, 0.717) is 10.8 Å². The Kier molecular flexibility index (Phi) is 4.49. The quantitative estimate of drug-likeness (QED) is 0.741. The lowest BCUT2D eigenvalue weighted by atomic mass is 10.1. The van der Waals surface area contributed by atoms with E-state index < -0.39 is 6.10 Å². The maximum absolute atomic E-state index is 12.4. The standard InChI is InChI=1S/C19H16ClNO2/c1-13(23-18-12-5-4-10-16(18)20)19(22)21-17-11-6-8-14-7-2-3-9-15(14)17/h2-13H,1H3,(H,21,22)/t13-/m0/s1. The predicted molar refractivity (Wildman–Crippen MR) is 94.1 cm³/mol. The van der Waals surface area contributed by atoms with Crippen LogP contribution in [-0.4, -0.2) is 12.0 Å². The number of ether oxygens (including phenoxy) is 1. The van der Waals surface area contributed by atoms with Crippen LogP contribution in [0, 0.1) is 0 Å². The second-order valence-electron chi connectivity index (χ2n) is 5.21. The molecule has 0 spiro atoms. The summed E-state index contributed by atoms with van der Waals surface area (Å²) in [6.45, 7) is 1.70. The highest BCUT2D eigenvalue weighted by Gasteiger charge is 2.16. The predicted octanol–water partition coefficient (Wildman–Crippen LogP) is 4.90. The van der Waals surface area contributed by atoms with Crippen LogP contribution in [0.3, 0.4) is 0 Å². The SMILES string of the molecule is C[C@H](Oc1ccccc1Cl)C(=O)Nc1cccc2ccccc12. The minimum absolute atomic E-state index is 0.221. The van der Waals surface area contributed by atoms with Crippen LogP contribution in [-0.2, 0) is 4.79 Å². The number of para-hydroxylation sites is 1. The van der Waals surface area contributed by atoms with E-state index in [2.05, 4.69) is 5.32 Å². The van der Waals surface area contributed by atoms with E-state index in [0.717, 1.165) is 16.5 Å². The minimum atomic E-state index is -0.658. The summed E-state index contributed by atoms with van der Waals surface area (Å²) in [6, 6.07) is 20.8. The van der Waals surface area contributed by atoms with Crippen LogP contribution in [0.4, 0.5) is 5.69 Å². The summed E-state index contributed by atoms with van der Waals surface area (Å²) in [4.78, 5) is 12.4. The zero-order valence-corrected chi connectivity index (χ0v) is 13.4. The average Bonchev–Trinajstić information content (AvgIpc) is 2.57. The number of rotatable bonds is 4. The highest BCUT2D eigenvalue weighted by atomic mass is 35.5. The van der Waals surface area contributed by atoms with Crippen molar-refractivity contribution >= 4 is 34.0 Å². The molecule has 1 atom stereocenters. The number of hydrogen-bond acceptors (Lipinski definition) is 2. The molecule has 0 aliphatic rings. The van der Waals surface area contributed by atoms with Gasteiger partial charge in [-0.2, -0.15) is 0 Å². The molecule has 0 bridgehead atoms. The van der Waals surface area contributed by atoms with Crippen molar-refractivity contribution in [2.45, 2.75) is 13.0 Å². The lowest BCUT2D eigenvalue weighted by Gasteiger charge is -2.16. The zero-order chi connectivity index (χ0) is 16.2. The fourth-order valence-electron chi connectivity index (χ4n) is 2.35. The number of halogens is 1. The minimum Gasteiger partial charge on any atom is -0.479 e. The Morgan fingerprint density at radius 1 is 1.00 bits per heavy atom. The molecule has 0 saturated carbocycles. The maximum Gasteiger partial charge on any atom is 0.265 e. The van der Waals surface area contributed by atoms with Crippen LogP contribution in [0.25, 0.3) is 10.8 Å². The van der Waals surface area contributed by atoms with Gasteiger partial charge in [-0.1, -0.05) is 60.1 Å². The normalized spacial score (nSPS) is 11.9. The number of amides is 1. The number of carbonyl (C=O) groups is 1. The summed E-state index contributed by atoms with van der Waals surface area (Å²) < 4.78 is 5.65. The van der Waals surface area contributed by atoms with E-state index in [1.165, 1.54) is 0 Å². The van der Waals surface area contributed by atoms with E-state index in [1.54, 1.807) is 19.1 Å². The number of hydrogen-bond donors (Lipinski definition) is 1.